The van der Waals surface area contributed by atoms with E-state index < -0.39 is 0 Å². The van der Waals surface area contributed by atoms with Gasteiger partial charge in [-0.05, 0) is 37.0 Å². The second-order valence-corrected chi connectivity index (χ2v) is 6.67. The van der Waals surface area contributed by atoms with Crippen LogP contribution in [0.3, 0.4) is 0 Å². The van der Waals surface area contributed by atoms with Gasteiger partial charge in [-0.3, -0.25) is 4.79 Å². The molecule has 0 saturated heterocycles. The SMILES string of the molecule is C[C@H]1CCCC[C@H]1NC(=O)c1cc2ccc(Br)cc2[nH]1. The van der Waals surface area contributed by atoms with E-state index in [0.717, 1.165) is 21.8 Å². The molecule has 1 aliphatic rings. The van der Waals surface area contributed by atoms with E-state index in [1.807, 2.05) is 24.3 Å². The minimum Gasteiger partial charge on any atom is -0.350 e. The first-order chi connectivity index (χ1) is 9.63. The Kier molecular flexibility index (Phi) is 3.83. The van der Waals surface area contributed by atoms with Gasteiger partial charge in [-0.25, -0.2) is 0 Å². The van der Waals surface area contributed by atoms with Crippen molar-refractivity contribution in [3.05, 3.63) is 34.4 Å². The molecule has 3 nitrogen and oxygen atoms in total. The zero-order valence-electron chi connectivity index (χ0n) is 11.6. The van der Waals surface area contributed by atoms with E-state index in [2.05, 4.69) is 33.2 Å². The Morgan fingerprint density at radius 3 is 2.90 bits per heavy atom. The maximum Gasteiger partial charge on any atom is 0.267 e. The normalized spacial score (nSPS) is 22.9. The van der Waals surface area contributed by atoms with Crippen molar-refractivity contribution in [2.75, 3.05) is 0 Å². The topological polar surface area (TPSA) is 44.9 Å². The second-order valence-electron chi connectivity index (χ2n) is 5.76. The van der Waals surface area contributed by atoms with Crippen molar-refractivity contribution < 1.29 is 4.79 Å². The van der Waals surface area contributed by atoms with E-state index in [4.69, 9.17) is 0 Å². The van der Waals surface area contributed by atoms with Crippen LogP contribution in [0, 0.1) is 5.92 Å². The Morgan fingerprint density at radius 1 is 1.30 bits per heavy atom. The summed E-state index contributed by atoms with van der Waals surface area (Å²) in [6.45, 7) is 2.23. The fourth-order valence-electron chi connectivity index (χ4n) is 3.00. The third-order valence-corrected chi connectivity index (χ3v) is 4.75. The predicted octanol–water partition coefficient (Wildman–Crippen LogP) is 4.24. The number of amides is 1. The highest BCUT2D eigenvalue weighted by Gasteiger charge is 2.23. The largest absolute Gasteiger partial charge is 0.350 e. The summed E-state index contributed by atoms with van der Waals surface area (Å²) in [7, 11) is 0. The lowest BCUT2D eigenvalue weighted by Crippen LogP contribution is -2.41. The molecule has 1 aromatic carbocycles. The van der Waals surface area contributed by atoms with Crippen molar-refractivity contribution in [2.45, 2.75) is 38.6 Å². The summed E-state index contributed by atoms with van der Waals surface area (Å²) < 4.78 is 1.01. The molecule has 0 radical (unpaired) electrons. The zero-order valence-corrected chi connectivity index (χ0v) is 13.2. The number of carbonyl (C=O) groups is 1. The van der Waals surface area contributed by atoms with Crippen LogP contribution in [0.4, 0.5) is 0 Å². The molecule has 1 aliphatic carbocycles. The molecule has 2 atom stereocenters. The lowest BCUT2D eigenvalue weighted by Gasteiger charge is -2.29. The second kappa shape index (κ2) is 5.60. The minimum absolute atomic E-state index is 0.0103. The van der Waals surface area contributed by atoms with Crippen LogP contribution < -0.4 is 5.32 Å². The molecule has 20 heavy (non-hydrogen) atoms. The van der Waals surface area contributed by atoms with Crippen LogP contribution in [0.15, 0.2) is 28.7 Å². The van der Waals surface area contributed by atoms with E-state index in [1.54, 1.807) is 0 Å². The average molecular weight is 335 g/mol. The molecule has 0 spiro atoms. The molecule has 4 heteroatoms. The van der Waals surface area contributed by atoms with Crippen LogP contribution in [-0.4, -0.2) is 16.9 Å². The van der Waals surface area contributed by atoms with Crippen LogP contribution in [-0.2, 0) is 0 Å². The Morgan fingerprint density at radius 2 is 2.10 bits per heavy atom. The molecule has 0 bridgehead atoms. The van der Waals surface area contributed by atoms with Gasteiger partial charge in [0.1, 0.15) is 5.69 Å². The monoisotopic (exact) mass is 334 g/mol. The quantitative estimate of drug-likeness (QED) is 0.847. The summed E-state index contributed by atoms with van der Waals surface area (Å²) in [4.78, 5) is 15.6. The maximum atomic E-state index is 12.4. The van der Waals surface area contributed by atoms with Crippen molar-refractivity contribution in [3.63, 3.8) is 0 Å². The minimum atomic E-state index is 0.0103. The van der Waals surface area contributed by atoms with E-state index in [9.17, 15) is 4.79 Å². The molecule has 0 unspecified atom stereocenters. The third kappa shape index (κ3) is 2.75. The Labute approximate surface area is 127 Å². The Bertz CT molecular complexity index is 634. The zero-order chi connectivity index (χ0) is 14.1. The van der Waals surface area contributed by atoms with Gasteiger partial charge >= 0.3 is 0 Å². The van der Waals surface area contributed by atoms with Gasteiger partial charge in [-0.1, -0.05) is 41.8 Å². The van der Waals surface area contributed by atoms with Crippen molar-refractivity contribution >= 4 is 32.7 Å². The van der Waals surface area contributed by atoms with Crippen LogP contribution >= 0.6 is 15.9 Å². The fraction of sp³-hybridized carbons (Fsp3) is 0.438. The number of benzene rings is 1. The first kappa shape index (κ1) is 13.7. The smallest absolute Gasteiger partial charge is 0.267 e. The van der Waals surface area contributed by atoms with Crippen LogP contribution in [0.25, 0.3) is 10.9 Å². The number of carbonyl (C=O) groups excluding carboxylic acids is 1. The molecule has 2 N–H and O–H groups in total. The number of fused-ring (bicyclic) bond motifs is 1. The lowest BCUT2D eigenvalue weighted by atomic mass is 9.86. The molecule has 0 aliphatic heterocycles. The third-order valence-electron chi connectivity index (χ3n) is 4.26. The molecule has 1 aromatic heterocycles. The van der Waals surface area contributed by atoms with Gasteiger partial charge in [0.2, 0.25) is 0 Å². The van der Waals surface area contributed by atoms with Crippen molar-refractivity contribution in [1.29, 1.82) is 0 Å². The average Bonchev–Trinajstić information content (AvgIpc) is 2.84. The van der Waals surface area contributed by atoms with Gasteiger partial charge in [-0.15, -0.1) is 0 Å². The van der Waals surface area contributed by atoms with E-state index in [-0.39, 0.29) is 5.91 Å². The van der Waals surface area contributed by atoms with Gasteiger partial charge in [-0.2, -0.15) is 0 Å². The van der Waals surface area contributed by atoms with Gasteiger partial charge < -0.3 is 10.3 Å². The first-order valence-corrected chi connectivity index (χ1v) is 8.02. The molecule has 106 valence electrons. The number of aromatic amines is 1. The van der Waals surface area contributed by atoms with Crippen molar-refractivity contribution in [2.24, 2.45) is 5.92 Å². The summed E-state index contributed by atoms with van der Waals surface area (Å²) in [6.07, 6.45) is 4.81. The number of hydrogen-bond donors (Lipinski definition) is 2. The van der Waals surface area contributed by atoms with Crippen molar-refractivity contribution in [1.82, 2.24) is 10.3 Å². The highest BCUT2D eigenvalue weighted by Crippen LogP contribution is 2.25. The van der Waals surface area contributed by atoms with Crippen LogP contribution in [0.5, 0.6) is 0 Å². The Hall–Kier alpha value is -1.29. The number of H-pyrrole nitrogens is 1. The summed E-state index contributed by atoms with van der Waals surface area (Å²) >= 11 is 3.45. The molecule has 1 amide bonds. The fourth-order valence-corrected chi connectivity index (χ4v) is 3.36. The number of halogens is 1. The van der Waals surface area contributed by atoms with Gasteiger partial charge in [0, 0.05) is 21.4 Å². The molecule has 1 fully saturated rings. The van der Waals surface area contributed by atoms with E-state index >= 15 is 0 Å². The Balaban J connectivity index is 1.78. The number of aromatic nitrogens is 1. The predicted molar refractivity (Wildman–Crippen MR) is 84.9 cm³/mol. The summed E-state index contributed by atoms with van der Waals surface area (Å²) in [5, 5.41) is 4.24. The highest BCUT2D eigenvalue weighted by molar-refractivity contribution is 9.10. The number of rotatable bonds is 2. The number of hydrogen-bond acceptors (Lipinski definition) is 1. The molecule has 1 saturated carbocycles. The number of nitrogens with one attached hydrogen (secondary N) is 2. The van der Waals surface area contributed by atoms with E-state index in [0.29, 0.717) is 17.7 Å². The van der Waals surface area contributed by atoms with E-state index in [1.165, 1.54) is 19.3 Å². The first-order valence-electron chi connectivity index (χ1n) is 7.22. The summed E-state index contributed by atoms with van der Waals surface area (Å²) in [5.41, 5.74) is 1.64. The maximum absolute atomic E-state index is 12.4. The van der Waals surface area contributed by atoms with Crippen molar-refractivity contribution in [3.8, 4) is 0 Å². The molecular formula is C16H19BrN2O. The molecule has 1 heterocycles. The van der Waals surface area contributed by atoms with Gasteiger partial charge in [0.25, 0.3) is 5.91 Å². The standard InChI is InChI=1S/C16H19BrN2O/c1-10-4-2-3-5-13(10)19-16(20)15-8-11-6-7-12(17)9-14(11)18-15/h6-10,13,18H,2-5H2,1H3,(H,19,20)/t10-,13+/m0/s1. The van der Waals surface area contributed by atoms with Crippen LogP contribution in [0.2, 0.25) is 0 Å². The molecule has 2 aromatic rings. The molecule has 3 rings (SSSR count). The lowest BCUT2D eigenvalue weighted by molar-refractivity contribution is 0.0906. The summed E-state index contributed by atoms with van der Waals surface area (Å²) in [6, 6.07) is 8.23. The van der Waals surface area contributed by atoms with Gasteiger partial charge in [0.05, 0.1) is 0 Å². The van der Waals surface area contributed by atoms with Crippen LogP contribution in [0.1, 0.15) is 43.1 Å². The van der Waals surface area contributed by atoms with Gasteiger partial charge in [0.15, 0.2) is 0 Å². The highest BCUT2D eigenvalue weighted by atomic mass is 79.9. The summed E-state index contributed by atoms with van der Waals surface area (Å²) in [5.74, 6) is 0.585. The molecular weight excluding hydrogens is 316 g/mol.